The highest BCUT2D eigenvalue weighted by atomic mass is 35.5. The molecule has 0 saturated carbocycles. The lowest BCUT2D eigenvalue weighted by atomic mass is 10.1. The van der Waals surface area contributed by atoms with Crippen molar-refractivity contribution in [2.24, 2.45) is 0 Å². The molecule has 0 bridgehead atoms. The molecule has 31 heavy (non-hydrogen) atoms. The van der Waals surface area contributed by atoms with Crippen molar-refractivity contribution in [1.29, 1.82) is 0 Å². The number of ether oxygens (including phenoxy) is 1. The summed E-state index contributed by atoms with van der Waals surface area (Å²) >= 11 is 13.3. The Hall–Kier alpha value is -2.48. The number of allylic oxidation sites excluding steroid dienone is 1. The summed E-state index contributed by atoms with van der Waals surface area (Å²) in [5, 5.41) is 12.7. The molecule has 0 aliphatic heterocycles. The van der Waals surface area contributed by atoms with Crippen LogP contribution in [0.15, 0.2) is 54.2 Å². The highest BCUT2D eigenvalue weighted by Gasteiger charge is 2.15. The van der Waals surface area contributed by atoms with Crippen LogP contribution in [-0.2, 0) is 17.9 Å². The molecule has 1 heterocycles. The Morgan fingerprint density at radius 3 is 2.84 bits per heavy atom. The highest BCUT2D eigenvalue weighted by molar-refractivity contribution is 7.99. The van der Waals surface area contributed by atoms with E-state index in [1.54, 1.807) is 24.3 Å². The van der Waals surface area contributed by atoms with Crippen LogP contribution in [0.5, 0.6) is 5.75 Å². The Labute approximate surface area is 195 Å². The second kappa shape index (κ2) is 10.7. The number of aromatic nitrogens is 3. The molecule has 1 aromatic heterocycles. The summed E-state index contributed by atoms with van der Waals surface area (Å²) in [4.78, 5) is 12.4. The summed E-state index contributed by atoms with van der Waals surface area (Å²) in [5.74, 6) is 1.37. The average Bonchev–Trinajstić information content (AvgIpc) is 3.12. The van der Waals surface area contributed by atoms with Crippen LogP contribution in [-0.4, -0.2) is 26.4 Å². The zero-order valence-corrected chi connectivity index (χ0v) is 19.5. The number of hydrogen-bond donors (Lipinski definition) is 1. The molecule has 0 spiro atoms. The number of hydrogen-bond acceptors (Lipinski definition) is 5. The molecule has 1 N–H and O–H groups in total. The lowest BCUT2D eigenvalue weighted by molar-refractivity contribution is -0.113. The average molecular weight is 477 g/mol. The van der Waals surface area contributed by atoms with E-state index in [2.05, 4.69) is 22.1 Å². The minimum absolute atomic E-state index is 0.135. The van der Waals surface area contributed by atoms with E-state index in [4.69, 9.17) is 27.9 Å². The van der Waals surface area contributed by atoms with Gasteiger partial charge in [0.2, 0.25) is 5.91 Å². The second-order valence-corrected chi connectivity index (χ2v) is 8.53. The molecule has 3 rings (SSSR count). The van der Waals surface area contributed by atoms with Gasteiger partial charge in [-0.15, -0.1) is 16.8 Å². The lowest BCUT2D eigenvalue weighted by Crippen LogP contribution is -2.15. The maximum Gasteiger partial charge on any atom is 0.234 e. The normalized spacial score (nSPS) is 10.7. The van der Waals surface area contributed by atoms with Crippen LogP contribution >= 0.6 is 35.0 Å². The van der Waals surface area contributed by atoms with Gasteiger partial charge in [0.05, 0.1) is 16.5 Å². The summed E-state index contributed by atoms with van der Waals surface area (Å²) < 4.78 is 7.84. The Kier molecular flexibility index (Phi) is 8.01. The van der Waals surface area contributed by atoms with Crippen LogP contribution < -0.4 is 10.1 Å². The van der Waals surface area contributed by atoms with Gasteiger partial charge >= 0.3 is 0 Å². The first kappa shape index (κ1) is 23.2. The molecule has 9 heteroatoms. The number of thioether (sulfide) groups is 1. The predicted molar refractivity (Wildman–Crippen MR) is 126 cm³/mol. The highest BCUT2D eigenvalue weighted by Crippen LogP contribution is 2.26. The molecule has 0 radical (unpaired) electrons. The third kappa shape index (κ3) is 6.03. The molecule has 6 nitrogen and oxygen atoms in total. The minimum Gasteiger partial charge on any atom is -0.485 e. The topological polar surface area (TPSA) is 69.0 Å². The molecule has 0 fully saturated rings. The second-order valence-electron chi connectivity index (χ2n) is 6.75. The quantitative estimate of drug-likeness (QED) is 0.316. The fourth-order valence-electron chi connectivity index (χ4n) is 2.78. The zero-order chi connectivity index (χ0) is 22.4. The van der Waals surface area contributed by atoms with Gasteiger partial charge in [0.1, 0.15) is 12.4 Å². The number of halogens is 2. The first-order valence-corrected chi connectivity index (χ1v) is 11.2. The third-order valence-electron chi connectivity index (χ3n) is 4.55. The molecule has 3 aromatic rings. The number of aryl methyl sites for hydroxylation is 1. The molecule has 0 saturated heterocycles. The molecule has 162 valence electrons. The van der Waals surface area contributed by atoms with Gasteiger partial charge in [0.15, 0.2) is 11.0 Å². The number of benzene rings is 2. The first-order chi connectivity index (χ1) is 14.9. The minimum atomic E-state index is -0.226. The van der Waals surface area contributed by atoms with Crippen LogP contribution in [0.3, 0.4) is 0 Å². The van der Waals surface area contributed by atoms with Crippen molar-refractivity contribution < 1.29 is 9.53 Å². The molecule has 2 aromatic carbocycles. The van der Waals surface area contributed by atoms with Crippen molar-refractivity contribution in [2.75, 3.05) is 11.1 Å². The van der Waals surface area contributed by atoms with Gasteiger partial charge in [-0.05, 0) is 49.2 Å². The number of nitrogens with one attached hydrogen (secondary N) is 1. The molecular formula is C22H22Cl2N4O2S. The van der Waals surface area contributed by atoms with E-state index in [1.807, 2.05) is 36.6 Å². The van der Waals surface area contributed by atoms with E-state index < -0.39 is 0 Å². The van der Waals surface area contributed by atoms with Crippen molar-refractivity contribution in [1.82, 2.24) is 14.8 Å². The number of nitrogens with zero attached hydrogens (tertiary/aromatic N) is 3. The summed E-state index contributed by atoms with van der Waals surface area (Å²) in [6, 6.07) is 10.8. The van der Waals surface area contributed by atoms with Gasteiger partial charge in [-0.2, -0.15) is 0 Å². The molecule has 1 amide bonds. The van der Waals surface area contributed by atoms with Crippen molar-refractivity contribution in [3.8, 4) is 5.75 Å². The summed E-state index contributed by atoms with van der Waals surface area (Å²) in [5.41, 5.74) is 2.71. The Bertz CT molecular complexity index is 1100. The lowest BCUT2D eigenvalue weighted by Gasteiger charge is -2.12. The van der Waals surface area contributed by atoms with Crippen LogP contribution in [0.2, 0.25) is 10.0 Å². The molecule has 0 aliphatic rings. The third-order valence-corrected chi connectivity index (χ3v) is 6.08. The van der Waals surface area contributed by atoms with E-state index in [1.165, 1.54) is 11.8 Å². The SMILES string of the molecule is C=CCn1c(COc2cccc(C)c2C)nnc1SCC(=O)Nc1cc(Cl)ccc1Cl. The van der Waals surface area contributed by atoms with E-state index in [-0.39, 0.29) is 18.3 Å². The number of carbonyl (C=O) groups is 1. The Balaban J connectivity index is 1.65. The molecule has 0 atom stereocenters. The van der Waals surface area contributed by atoms with E-state index in [0.717, 1.165) is 16.9 Å². The van der Waals surface area contributed by atoms with E-state index in [0.29, 0.717) is 33.3 Å². The number of carbonyl (C=O) groups excluding carboxylic acids is 1. The summed E-state index contributed by atoms with van der Waals surface area (Å²) in [6.07, 6.45) is 1.75. The summed E-state index contributed by atoms with van der Waals surface area (Å²) in [6.45, 7) is 8.62. The fraction of sp³-hybridized carbons (Fsp3) is 0.227. The summed E-state index contributed by atoms with van der Waals surface area (Å²) in [7, 11) is 0. The van der Waals surface area contributed by atoms with Crippen LogP contribution in [0.1, 0.15) is 17.0 Å². The van der Waals surface area contributed by atoms with Gasteiger partial charge < -0.3 is 10.1 Å². The largest absolute Gasteiger partial charge is 0.485 e. The van der Waals surface area contributed by atoms with E-state index >= 15 is 0 Å². The fourth-order valence-corrected chi connectivity index (χ4v) is 3.88. The number of anilines is 1. The van der Waals surface area contributed by atoms with Crippen LogP contribution in [0.4, 0.5) is 5.69 Å². The maximum absolute atomic E-state index is 12.4. The Morgan fingerprint density at radius 1 is 1.26 bits per heavy atom. The van der Waals surface area contributed by atoms with Crippen LogP contribution in [0.25, 0.3) is 0 Å². The Morgan fingerprint density at radius 2 is 2.06 bits per heavy atom. The predicted octanol–water partition coefficient (Wildman–Crippen LogP) is 5.70. The van der Waals surface area contributed by atoms with Crippen molar-refractivity contribution >= 4 is 46.6 Å². The standard InChI is InChI=1S/C22H22Cl2N4O2S/c1-4-10-28-20(12-30-19-7-5-6-14(2)15(19)3)26-27-22(28)31-13-21(29)25-18-11-16(23)8-9-17(18)24/h4-9,11H,1,10,12-13H2,2-3H3,(H,25,29). The van der Waals surface area contributed by atoms with Gasteiger partial charge in [-0.3, -0.25) is 9.36 Å². The van der Waals surface area contributed by atoms with Gasteiger partial charge in [0, 0.05) is 11.6 Å². The van der Waals surface area contributed by atoms with Gasteiger partial charge in [-0.25, -0.2) is 0 Å². The smallest absolute Gasteiger partial charge is 0.234 e. The van der Waals surface area contributed by atoms with E-state index in [9.17, 15) is 4.79 Å². The van der Waals surface area contributed by atoms with Gasteiger partial charge in [0.25, 0.3) is 0 Å². The first-order valence-electron chi connectivity index (χ1n) is 9.48. The van der Waals surface area contributed by atoms with Crippen LogP contribution in [0, 0.1) is 13.8 Å². The number of rotatable bonds is 9. The van der Waals surface area contributed by atoms with Crippen molar-refractivity contribution in [3.63, 3.8) is 0 Å². The monoisotopic (exact) mass is 476 g/mol. The van der Waals surface area contributed by atoms with Crippen molar-refractivity contribution in [3.05, 3.63) is 76.0 Å². The maximum atomic E-state index is 12.4. The molecular weight excluding hydrogens is 455 g/mol. The zero-order valence-electron chi connectivity index (χ0n) is 17.2. The van der Waals surface area contributed by atoms with Gasteiger partial charge in [-0.1, -0.05) is 53.2 Å². The molecule has 0 aliphatic carbocycles. The number of amides is 1. The van der Waals surface area contributed by atoms with Crippen molar-refractivity contribution in [2.45, 2.75) is 32.2 Å². The molecule has 0 unspecified atom stereocenters.